The fraction of sp³-hybridized carbons (Fsp3) is 0.143. The SMILES string of the molecule is CCOc1cncc(C(=O)c2ccc(F)c(F)c2Br)c1. The minimum Gasteiger partial charge on any atom is -0.492 e. The summed E-state index contributed by atoms with van der Waals surface area (Å²) in [5.41, 5.74) is 0.266. The number of nitrogens with zero attached hydrogens (tertiary/aromatic N) is 1. The molecule has 0 saturated carbocycles. The van der Waals surface area contributed by atoms with Crippen molar-refractivity contribution < 1.29 is 18.3 Å². The Labute approximate surface area is 122 Å². The first kappa shape index (κ1) is 14.6. The molecule has 0 spiro atoms. The van der Waals surface area contributed by atoms with Gasteiger partial charge in [0, 0.05) is 17.3 Å². The van der Waals surface area contributed by atoms with Crippen molar-refractivity contribution in [3.8, 4) is 5.75 Å². The molecule has 0 unspecified atom stereocenters. The summed E-state index contributed by atoms with van der Waals surface area (Å²) < 4.78 is 31.5. The lowest BCUT2D eigenvalue weighted by molar-refractivity contribution is 0.103. The third-order valence-corrected chi connectivity index (χ3v) is 3.34. The van der Waals surface area contributed by atoms with Crippen LogP contribution in [0.4, 0.5) is 8.78 Å². The van der Waals surface area contributed by atoms with E-state index in [1.807, 2.05) is 0 Å². The fourth-order valence-corrected chi connectivity index (χ4v) is 2.15. The van der Waals surface area contributed by atoms with Crippen LogP contribution in [0, 0.1) is 11.6 Å². The minimum atomic E-state index is -1.09. The average Bonchev–Trinajstić information content (AvgIpc) is 2.45. The highest BCUT2D eigenvalue weighted by atomic mass is 79.9. The van der Waals surface area contributed by atoms with Crippen molar-refractivity contribution in [3.05, 3.63) is 57.8 Å². The number of aromatic nitrogens is 1. The molecule has 0 aliphatic heterocycles. The van der Waals surface area contributed by atoms with E-state index in [4.69, 9.17) is 4.74 Å². The van der Waals surface area contributed by atoms with Crippen molar-refractivity contribution >= 4 is 21.7 Å². The maximum absolute atomic E-state index is 13.5. The predicted molar refractivity (Wildman–Crippen MR) is 72.9 cm³/mol. The normalized spacial score (nSPS) is 10.4. The number of ketones is 1. The van der Waals surface area contributed by atoms with Gasteiger partial charge in [-0.05, 0) is 41.1 Å². The number of ether oxygens (including phenoxy) is 1. The van der Waals surface area contributed by atoms with Crippen molar-refractivity contribution in [1.82, 2.24) is 4.98 Å². The smallest absolute Gasteiger partial charge is 0.195 e. The van der Waals surface area contributed by atoms with Gasteiger partial charge in [-0.15, -0.1) is 0 Å². The van der Waals surface area contributed by atoms with E-state index < -0.39 is 17.4 Å². The number of hydrogen-bond donors (Lipinski definition) is 0. The lowest BCUT2D eigenvalue weighted by Gasteiger charge is -2.07. The Balaban J connectivity index is 2.41. The van der Waals surface area contributed by atoms with Crippen LogP contribution in [-0.2, 0) is 0 Å². The highest BCUT2D eigenvalue weighted by molar-refractivity contribution is 9.10. The Morgan fingerprint density at radius 1 is 1.35 bits per heavy atom. The maximum atomic E-state index is 13.5. The van der Waals surface area contributed by atoms with Crippen molar-refractivity contribution in [2.45, 2.75) is 6.92 Å². The molecule has 0 bridgehead atoms. The molecule has 0 radical (unpaired) electrons. The molecule has 0 N–H and O–H groups in total. The van der Waals surface area contributed by atoms with Crippen LogP contribution in [0.15, 0.2) is 35.1 Å². The van der Waals surface area contributed by atoms with E-state index in [1.54, 1.807) is 6.92 Å². The molecular weight excluding hydrogens is 332 g/mol. The van der Waals surface area contributed by atoms with Crippen LogP contribution in [0.2, 0.25) is 0 Å². The Morgan fingerprint density at radius 2 is 2.10 bits per heavy atom. The molecule has 0 aliphatic rings. The van der Waals surface area contributed by atoms with E-state index in [0.29, 0.717) is 12.4 Å². The zero-order valence-corrected chi connectivity index (χ0v) is 12.1. The first-order valence-electron chi connectivity index (χ1n) is 5.80. The predicted octanol–water partition coefficient (Wildman–Crippen LogP) is 3.75. The van der Waals surface area contributed by atoms with Crippen molar-refractivity contribution in [1.29, 1.82) is 0 Å². The van der Waals surface area contributed by atoms with E-state index in [0.717, 1.165) is 6.07 Å². The van der Waals surface area contributed by atoms with E-state index in [2.05, 4.69) is 20.9 Å². The second-order valence-corrected chi connectivity index (χ2v) is 4.69. The van der Waals surface area contributed by atoms with Crippen LogP contribution in [0.25, 0.3) is 0 Å². The van der Waals surface area contributed by atoms with Gasteiger partial charge in [-0.2, -0.15) is 0 Å². The zero-order chi connectivity index (χ0) is 14.7. The van der Waals surface area contributed by atoms with E-state index >= 15 is 0 Å². The van der Waals surface area contributed by atoms with E-state index in [1.165, 1.54) is 24.5 Å². The quantitative estimate of drug-likeness (QED) is 0.628. The Bertz CT molecular complexity index is 662. The second kappa shape index (κ2) is 6.09. The molecule has 3 nitrogen and oxygen atoms in total. The van der Waals surface area contributed by atoms with Gasteiger partial charge < -0.3 is 4.74 Å². The van der Waals surface area contributed by atoms with Gasteiger partial charge in [0.25, 0.3) is 0 Å². The van der Waals surface area contributed by atoms with Crippen molar-refractivity contribution in [2.75, 3.05) is 6.61 Å². The highest BCUT2D eigenvalue weighted by Crippen LogP contribution is 2.26. The van der Waals surface area contributed by atoms with Gasteiger partial charge in [-0.1, -0.05) is 0 Å². The van der Waals surface area contributed by atoms with Gasteiger partial charge in [0.1, 0.15) is 5.75 Å². The Hall–Kier alpha value is -1.82. The zero-order valence-electron chi connectivity index (χ0n) is 10.5. The van der Waals surface area contributed by atoms with E-state index in [9.17, 15) is 13.6 Å². The molecule has 6 heteroatoms. The first-order chi connectivity index (χ1) is 9.54. The summed E-state index contributed by atoms with van der Waals surface area (Å²) in [4.78, 5) is 16.2. The molecule has 2 aromatic rings. The molecule has 0 amide bonds. The summed E-state index contributed by atoms with van der Waals surface area (Å²) in [5, 5.41) is 0. The summed E-state index contributed by atoms with van der Waals surface area (Å²) in [6.07, 6.45) is 2.82. The number of halogens is 3. The van der Waals surface area contributed by atoms with Crippen LogP contribution >= 0.6 is 15.9 Å². The molecule has 0 aliphatic carbocycles. The molecule has 0 atom stereocenters. The van der Waals surface area contributed by atoms with Crippen LogP contribution in [0.1, 0.15) is 22.8 Å². The minimum absolute atomic E-state index is 0.0272. The molecule has 2 rings (SSSR count). The van der Waals surface area contributed by atoms with Crippen molar-refractivity contribution in [3.63, 3.8) is 0 Å². The molecule has 0 saturated heterocycles. The lowest BCUT2D eigenvalue weighted by atomic mass is 10.0. The van der Waals surface area contributed by atoms with Gasteiger partial charge in [0.15, 0.2) is 17.4 Å². The van der Waals surface area contributed by atoms with Gasteiger partial charge >= 0.3 is 0 Å². The summed E-state index contributed by atoms with van der Waals surface area (Å²) in [5.74, 6) is -2.14. The molecule has 0 fully saturated rings. The number of carbonyl (C=O) groups is 1. The van der Waals surface area contributed by atoms with Crippen molar-refractivity contribution in [2.24, 2.45) is 0 Å². The van der Waals surface area contributed by atoms with Crippen LogP contribution in [0.5, 0.6) is 5.75 Å². The monoisotopic (exact) mass is 341 g/mol. The molecule has 1 aromatic carbocycles. The van der Waals surface area contributed by atoms with Gasteiger partial charge in [-0.3, -0.25) is 9.78 Å². The third kappa shape index (κ3) is 2.85. The van der Waals surface area contributed by atoms with E-state index in [-0.39, 0.29) is 15.6 Å². The second-order valence-electron chi connectivity index (χ2n) is 3.89. The largest absolute Gasteiger partial charge is 0.492 e. The maximum Gasteiger partial charge on any atom is 0.195 e. The van der Waals surface area contributed by atoms with Gasteiger partial charge in [0.2, 0.25) is 0 Å². The van der Waals surface area contributed by atoms with Gasteiger partial charge in [-0.25, -0.2) is 8.78 Å². The third-order valence-electron chi connectivity index (χ3n) is 2.57. The van der Waals surface area contributed by atoms with Crippen LogP contribution in [-0.4, -0.2) is 17.4 Å². The number of carbonyl (C=O) groups excluding carboxylic acids is 1. The number of rotatable bonds is 4. The standard InChI is InChI=1S/C14H10BrF2NO2/c1-2-20-9-5-8(6-18-7-9)14(19)10-3-4-11(16)13(17)12(10)15/h3-7H,2H2,1H3. The summed E-state index contributed by atoms with van der Waals surface area (Å²) in [6, 6.07) is 3.64. The molecule has 1 aromatic heterocycles. The fourth-order valence-electron chi connectivity index (χ4n) is 1.65. The van der Waals surface area contributed by atoms with Crippen LogP contribution in [0.3, 0.4) is 0 Å². The number of pyridine rings is 1. The van der Waals surface area contributed by atoms with Crippen LogP contribution < -0.4 is 4.74 Å². The van der Waals surface area contributed by atoms with Gasteiger partial charge in [0.05, 0.1) is 17.3 Å². The number of hydrogen-bond acceptors (Lipinski definition) is 3. The summed E-state index contributed by atoms with van der Waals surface area (Å²) in [7, 11) is 0. The Morgan fingerprint density at radius 3 is 2.80 bits per heavy atom. The lowest BCUT2D eigenvalue weighted by Crippen LogP contribution is -2.06. The molecule has 1 heterocycles. The topological polar surface area (TPSA) is 39.2 Å². The highest BCUT2D eigenvalue weighted by Gasteiger charge is 2.18. The molecule has 104 valence electrons. The summed E-state index contributed by atoms with van der Waals surface area (Å²) >= 11 is 2.89. The molecular formula is C14H10BrF2NO2. The average molecular weight is 342 g/mol. The summed E-state index contributed by atoms with van der Waals surface area (Å²) in [6.45, 7) is 2.24. The first-order valence-corrected chi connectivity index (χ1v) is 6.60. The Kier molecular flexibility index (Phi) is 4.44. The molecule has 20 heavy (non-hydrogen) atoms. The number of benzene rings is 1.